The first-order chi connectivity index (χ1) is 16.5. The number of hydrogen-bond donors (Lipinski definition) is 1. The normalized spacial score (nSPS) is 19.1. The number of alkyl halides is 3. The van der Waals surface area contributed by atoms with Crippen molar-refractivity contribution in [3.05, 3.63) is 47.6 Å². The van der Waals surface area contributed by atoms with E-state index in [1.807, 2.05) is 24.1 Å². The fraction of sp³-hybridized carbons (Fsp3) is 0.565. The van der Waals surface area contributed by atoms with E-state index >= 15 is 0 Å². The van der Waals surface area contributed by atoms with Crippen LogP contribution in [0.1, 0.15) is 41.4 Å². The maximum Gasteiger partial charge on any atom is 0.490 e. The molecule has 0 saturated carbocycles. The van der Waals surface area contributed by atoms with Gasteiger partial charge in [0.25, 0.3) is 5.91 Å². The van der Waals surface area contributed by atoms with Gasteiger partial charge < -0.3 is 24.2 Å². The summed E-state index contributed by atoms with van der Waals surface area (Å²) in [5.41, 5.74) is 1.66. The van der Waals surface area contributed by atoms with Crippen molar-refractivity contribution in [2.45, 2.75) is 44.5 Å². The average Bonchev–Trinajstić information content (AvgIpc) is 3.27. The number of nitrogens with zero attached hydrogens (tertiary/aromatic N) is 4. The zero-order valence-corrected chi connectivity index (χ0v) is 19.6. The molecule has 0 bridgehead atoms. The van der Waals surface area contributed by atoms with E-state index in [-0.39, 0.29) is 11.5 Å². The molecule has 2 aliphatic heterocycles. The summed E-state index contributed by atoms with van der Waals surface area (Å²) in [6.07, 6.45) is 2.98. The van der Waals surface area contributed by atoms with Gasteiger partial charge in [-0.25, -0.2) is 4.79 Å². The van der Waals surface area contributed by atoms with Gasteiger partial charge >= 0.3 is 12.1 Å². The van der Waals surface area contributed by atoms with Crippen LogP contribution in [0, 0.1) is 5.92 Å². The molecule has 2 fully saturated rings. The average molecular weight is 499 g/mol. The van der Waals surface area contributed by atoms with Gasteiger partial charge in [0.1, 0.15) is 16.9 Å². The summed E-state index contributed by atoms with van der Waals surface area (Å²) in [4.78, 5) is 29.9. The Balaban J connectivity index is 0.000000429. The molecular formula is C23H29F3N4O5. The zero-order chi connectivity index (χ0) is 25.6. The van der Waals surface area contributed by atoms with Gasteiger partial charge in [-0.1, -0.05) is 18.1 Å². The highest BCUT2D eigenvalue weighted by Crippen LogP contribution is 2.37. The molecule has 1 unspecified atom stereocenters. The molecule has 1 spiro atoms. The van der Waals surface area contributed by atoms with Crippen LogP contribution in [-0.2, 0) is 22.5 Å². The van der Waals surface area contributed by atoms with Gasteiger partial charge in [0.15, 0.2) is 0 Å². The molecule has 1 N–H and O–H groups in total. The van der Waals surface area contributed by atoms with Crippen LogP contribution in [0.25, 0.3) is 0 Å². The van der Waals surface area contributed by atoms with Crippen LogP contribution >= 0.6 is 0 Å². The summed E-state index contributed by atoms with van der Waals surface area (Å²) >= 11 is 0. The Morgan fingerprint density at radius 1 is 1.31 bits per heavy atom. The van der Waals surface area contributed by atoms with Crippen LogP contribution in [0.3, 0.4) is 0 Å². The van der Waals surface area contributed by atoms with Gasteiger partial charge in [-0.15, -0.1) is 0 Å². The maximum atomic E-state index is 12.6. The number of carbonyl (C=O) groups is 2. The number of halogens is 3. The quantitative estimate of drug-likeness (QED) is 0.648. The Hall–Kier alpha value is -2.99. The third-order valence-corrected chi connectivity index (χ3v) is 6.06. The number of amides is 1. The van der Waals surface area contributed by atoms with Crippen LogP contribution in [0.2, 0.25) is 0 Å². The zero-order valence-electron chi connectivity index (χ0n) is 19.6. The second-order valence-electron chi connectivity index (χ2n) is 8.94. The highest BCUT2D eigenvalue weighted by atomic mass is 19.4. The van der Waals surface area contributed by atoms with Crippen molar-refractivity contribution in [2.75, 3.05) is 33.3 Å². The molecule has 4 heterocycles. The number of carbonyl (C=O) groups excluding carboxylic acids is 1. The highest BCUT2D eigenvalue weighted by molar-refractivity contribution is 5.95. The lowest BCUT2D eigenvalue weighted by molar-refractivity contribution is -0.192. The Labute approximate surface area is 200 Å². The van der Waals surface area contributed by atoms with E-state index in [0.29, 0.717) is 36.8 Å². The third-order valence-electron chi connectivity index (χ3n) is 6.06. The fourth-order valence-electron chi connectivity index (χ4n) is 4.28. The maximum absolute atomic E-state index is 12.6. The molecule has 0 aromatic carbocycles. The molecule has 4 rings (SSSR count). The largest absolute Gasteiger partial charge is 0.490 e. The summed E-state index contributed by atoms with van der Waals surface area (Å²) in [5.74, 6) is -1.56. The molecular weight excluding hydrogens is 469 g/mol. The number of carboxylic acid groups (broad SMARTS) is 1. The first-order valence-corrected chi connectivity index (χ1v) is 11.3. The number of carboxylic acids is 1. The van der Waals surface area contributed by atoms with E-state index in [0.717, 1.165) is 32.5 Å². The van der Waals surface area contributed by atoms with Crippen molar-refractivity contribution in [3.63, 3.8) is 0 Å². The highest BCUT2D eigenvalue weighted by Gasteiger charge is 2.49. The molecule has 35 heavy (non-hydrogen) atoms. The Morgan fingerprint density at radius 3 is 2.57 bits per heavy atom. The van der Waals surface area contributed by atoms with Crippen molar-refractivity contribution < 1.29 is 37.1 Å². The lowest BCUT2D eigenvalue weighted by atomic mass is 9.82. The monoisotopic (exact) mass is 498 g/mol. The minimum Gasteiger partial charge on any atom is -0.475 e. The van der Waals surface area contributed by atoms with Crippen LogP contribution in [0.4, 0.5) is 13.2 Å². The smallest absolute Gasteiger partial charge is 0.475 e. The lowest BCUT2D eigenvalue weighted by Crippen LogP contribution is -2.66. The Kier molecular flexibility index (Phi) is 8.49. The number of ether oxygens (including phenoxy) is 1. The van der Waals surface area contributed by atoms with Crippen molar-refractivity contribution in [1.82, 2.24) is 19.9 Å². The van der Waals surface area contributed by atoms with Crippen LogP contribution in [0.15, 0.2) is 35.2 Å². The molecule has 9 nitrogen and oxygen atoms in total. The fourth-order valence-corrected chi connectivity index (χ4v) is 4.28. The molecule has 2 saturated heterocycles. The summed E-state index contributed by atoms with van der Waals surface area (Å²) in [6, 6.07) is 4.08. The van der Waals surface area contributed by atoms with E-state index in [4.69, 9.17) is 19.2 Å². The standard InChI is InChI=1S/C21H28N4O3.C2HF3O2/c1-3-19-18(10-23-28-19)20(26)25-14-21(15-25)7-6-17(13-27-21)12-24(2)11-16-5-4-8-22-9-16;3-2(4,5)1(6)7/h4-5,8-10,17H,3,6-7,11-15H2,1-2H3;(H,6,7). The summed E-state index contributed by atoms with van der Waals surface area (Å²) in [5, 5.41) is 10.9. The topological polar surface area (TPSA) is 109 Å². The molecule has 192 valence electrons. The Bertz CT molecular complexity index is 983. The second-order valence-corrected chi connectivity index (χ2v) is 8.94. The molecule has 2 aliphatic rings. The Morgan fingerprint density at radius 2 is 2.03 bits per heavy atom. The summed E-state index contributed by atoms with van der Waals surface area (Å²) in [6.45, 7) is 5.96. The van der Waals surface area contributed by atoms with Gasteiger partial charge in [-0.2, -0.15) is 13.2 Å². The van der Waals surface area contributed by atoms with Crippen LogP contribution in [0.5, 0.6) is 0 Å². The number of likely N-dealkylation sites (tertiary alicyclic amines) is 1. The molecule has 0 radical (unpaired) electrons. The molecule has 2 aromatic heterocycles. The van der Waals surface area contributed by atoms with Gasteiger partial charge in [0, 0.05) is 31.9 Å². The van der Waals surface area contributed by atoms with Gasteiger partial charge in [0.05, 0.1) is 25.9 Å². The third kappa shape index (κ3) is 7.01. The predicted molar refractivity (Wildman–Crippen MR) is 117 cm³/mol. The summed E-state index contributed by atoms with van der Waals surface area (Å²) in [7, 11) is 2.14. The van der Waals surface area contributed by atoms with Gasteiger partial charge in [-0.05, 0) is 37.4 Å². The van der Waals surface area contributed by atoms with Crippen molar-refractivity contribution in [2.24, 2.45) is 5.92 Å². The number of hydrogen-bond acceptors (Lipinski definition) is 7. The van der Waals surface area contributed by atoms with E-state index in [2.05, 4.69) is 28.2 Å². The van der Waals surface area contributed by atoms with Gasteiger partial charge in [0.2, 0.25) is 0 Å². The number of aromatic nitrogens is 2. The first-order valence-electron chi connectivity index (χ1n) is 11.3. The first kappa shape index (κ1) is 26.6. The van der Waals surface area contributed by atoms with E-state index < -0.39 is 12.1 Å². The number of aryl methyl sites for hydroxylation is 1. The minimum absolute atomic E-state index is 0.00523. The number of rotatable bonds is 6. The molecule has 1 amide bonds. The van der Waals surface area contributed by atoms with Crippen molar-refractivity contribution in [3.8, 4) is 0 Å². The van der Waals surface area contributed by atoms with Gasteiger partial charge in [-0.3, -0.25) is 9.78 Å². The predicted octanol–water partition coefficient (Wildman–Crippen LogP) is 3.02. The van der Waals surface area contributed by atoms with Crippen LogP contribution < -0.4 is 0 Å². The molecule has 2 aromatic rings. The van der Waals surface area contributed by atoms with Crippen LogP contribution in [-0.4, -0.2) is 82.0 Å². The van der Waals surface area contributed by atoms with E-state index in [9.17, 15) is 18.0 Å². The molecule has 12 heteroatoms. The second kappa shape index (κ2) is 11.2. The number of aliphatic carboxylic acids is 1. The SMILES string of the molecule is CCc1oncc1C(=O)N1CC2(CCC(CN(C)Cc3cccnc3)CO2)C1.O=C(O)C(F)(F)F. The van der Waals surface area contributed by atoms with E-state index in [1.54, 1.807) is 6.20 Å². The van der Waals surface area contributed by atoms with E-state index in [1.165, 1.54) is 11.8 Å². The van der Waals surface area contributed by atoms with Crippen molar-refractivity contribution in [1.29, 1.82) is 0 Å². The molecule has 1 atom stereocenters. The minimum atomic E-state index is -5.08. The van der Waals surface area contributed by atoms with Crippen molar-refractivity contribution >= 4 is 11.9 Å². The molecule has 0 aliphatic carbocycles. The lowest BCUT2D eigenvalue weighted by Gasteiger charge is -2.52. The number of pyridine rings is 1. The summed E-state index contributed by atoms with van der Waals surface area (Å²) < 4.78 is 43.1.